The molecular formula is C27H39ClFN7OS. The Labute approximate surface area is 235 Å². The zero-order chi connectivity index (χ0) is 28.2. The molecule has 0 atom stereocenters. The van der Waals surface area contributed by atoms with Crippen LogP contribution in [-0.2, 0) is 4.79 Å². The van der Waals surface area contributed by atoms with E-state index in [0.29, 0.717) is 27.7 Å². The highest BCUT2D eigenvalue weighted by Gasteiger charge is 2.13. The molecule has 0 fully saturated rings. The van der Waals surface area contributed by atoms with Gasteiger partial charge in [-0.3, -0.25) is 0 Å². The SMILES string of the molecule is CCCC.CNCCNCCC=O.CNc1cc(Nc2cc(-c3cc(Cl)ccc3F)nnc2SC)ccn1. The van der Waals surface area contributed by atoms with Gasteiger partial charge in [-0.25, -0.2) is 9.37 Å². The van der Waals surface area contributed by atoms with Gasteiger partial charge in [-0.15, -0.1) is 22.0 Å². The fourth-order valence-electron chi connectivity index (χ4n) is 2.75. The molecule has 0 aliphatic heterocycles. The molecule has 0 saturated heterocycles. The summed E-state index contributed by atoms with van der Waals surface area (Å²) in [5.74, 6) is 0.335. The number of unbranched alkanes of at least 4 members (excludes halogenated alkanes) is 1. The van der Waals surface area contributed by atoms with Crippen molar-refractivity contribution in [2.45, 2.75) is 38.1 Å². The molecule has 1 aromatic carbocycles. The minimum absolute atomic E-state index is 0.307. The van der Waals surface area contributed by atoms with Crippen molar-refractivity contribution in [1.82, 2.24) is 25.8 Å². The molecule has 0 unspecified atom stereocenters. The first-order valence-electron chi connectivity index (χ1n) is 12.5. The number of carbonyl (C=O) groups excluding carboxylic acids is 1. The average molecular weight is 564 g/mol. The van der Waals surface area contributed by atoms with Gasteiger partial charge in [0.05, 0.1) is 11.4 Å². The van der Waals surface area contributed by atoms with E-state index in [1.165, 1.54) is 42.8 Å². The van der Waals surface area contributed by atoms with Crippen molar-refractivity contribution in [1.29, 1.82) is 0 Å². The van der Waals surface area contributed by atoms with Gasteiger partial charge >= 0.3 is 0 Å². The van der Waals surface area contributed by atoms with Crippen LogP contribution in [0.5, 0.6) is 0 Å². The maximum atomic E-state index is 14.1. The van der Waals surface area contributed by atoms with Crippen molar-refractivity contribution < 1.29 is 9.18 Å². The topological polar surface area (TPSA) is 104 Å². The molecule has 0 amide bonds. The van der Waals surface area contributed by atoms with E-state index in [-0.39, 0.29) is 0 Å². The number of aromatic nitrogens is 3. The second kappa shape index (κ2) is 20.2. The Morgan fingerprint density at radius 2 is 1.79 bits per heavy atom. The number of pyridine rings is 1. The largest absolute Gasteiger partial charge is 0.373 e. The fraction of sp³-hybridized carbons (Fsp3) is 0.407. The van der Waals surface area contributed by atoms with Crippen molar-refractivity contribution in [3.63, 3.8) is 0 Å². The number of benzene rings is 1. The molecule has 0 bridgehead atoms. The van der Waals surface area contributed by atoms with Gasteiger partial charge in [0.25, 0.3) is 0 Å². The van der Waals surface area contributed by atoms with Gasteiger partial charge in [0.2, 0.25) is 0 Å². The van der Waals surface area contributed by atoms with E-state index in [9.17, 15) is 9.18 Å². The van der Waals surface area contributed by atoms with Gasteiger partial charge in [0.1, 0.15) is 22.9 Å². The summed E-state index contributed by atoms with van der Waals surface area (Å²) in [4.78, 5) is 14.0. The summed E-state index contributed by atoms with van der Waals surface area (Å²) in [6, 6.07) is 9.81. The monoisotopic (exact) mass is 563 g/mol. The van der Waals surface area contributed by atoms with Gasteiger partial charge in [-0.1, -0.05) is 38.3 Å². The van der Waals surface area contributed by atoms with E-state index in [0.717, 1.165) is 43.1 Å². The lowest BCUT2D eigenvalue weighted by Gasteiger charge is -2.12. The van der Waals surface area contributed by atoms with Crippen LogP contribution >= 0.6 is 23.4 Å². The van der Waals surface area contributed by atoms with Gasteiger partial charge in [-0.05, 0) is 43.6 Å². The van der Waals surface area contributed by atoms with Crippen LogP contribution in [0.3, 0.4) is 0 Å². The van der Waals surface area contributed by atoms with Crippen LogP contribution in [0.15, 0.2) is 47.6 Å². The predicted molar refractivity (Wildman–Crippen MR) is 159 cm³/mol. The fourth-order valence-corrected chi connectivity index (χ4v) is 3.37. The molecule has 3 rings (SSSR count). The standard InChI is InChI=1S/C17H15ClFN5S.C6H14N2O.C4H10/c1-20-16-8-11(5-6-21-16)22-15-9-14(23-24-17(15)25-2)12-7-10(18)3-4-13(12)19;1-7-4-5-8-3-2-6-9;1-3-4-2/h3-9H,1-2H3,(H2,20,21,22,23);6-8H,2-5H2,1H3;3-4H2,1-2H3. The Hall–Kier alpha value is -2.79. The highest BCUT2D eigenvalue weighted by molar-refractivity contribution is 7.98. The first-order chi connectivity index (χ1) is 18.4. The normalized spacial score (nSPS) is 9.97. The molecule has 0 saturated carbocycles. The molecule has 8 nitrogen and oxygen atoms in total. The van der Waals surface area contributed by atoms with Crippen molar-refractivity contribution in [2.75, 3.05) is 50.6 Å². The number of nitrogens with zero attached hydrogens (tertiary/aromatic N) is 3. The van der Waals surface area contributed by atoms with E-state index in [4.69, 9.17) is 11.6 Å². The van der Waals surface area contributed by atoms with E-state index in [1.54, 1.807) is 19.3 Å². The Morgan fingerprint density at radius 3 is 2.42 bits per heavy atom. The maximum Gasteiger partial charge on any atom is 0.142 e. The molecule has 0 spiro atoms. The van der Waals surface area contributed by atoms with Crippen LogP contribution in [0.2, 0.25) is 5.02 Å². The maximum absolute atomic E-state index is 14.1. The first kappa shape index (κ1) is 33.2. The van der Waals surface area contributed by atoms with Crippen molar-refractivity contribution in [3.05, 3.63) is 53.4 Å². The molecule has 4 N–H and O–H groups in total. The number of halogens is 2. The van der Waals surface area contributed by atoms with Crippen molar-refractivity contribution >= 4 is 46.8 Å². The molecule has 2 aromatic heterocycles. The van der Waals surface area contributed by atoms with Crippen molar-refractivity contribution in [3.8, 4) is 11.3 Å². The number of hydrogen-bond acceptors (Lipinski definition) is 9. The third-order valence-electron chi connectivity index (χ3n) is 4.94. The molecule has 2 heterocycles. The number of thioether (sulfide) groups is 1. The first-order valence-corrected chi connectivity index (χ1v) is 14.1. The Morgan fingerprint density at radius 1 is 1.03 bits per heavy atom. The summed E-state index contributed by atoms with van der Waals surface area (Å²) in [5, 5.41) is 21.8. The lowest BCUT2D eigenvalue weighted by Crippen LogP contribution is -2.25. The summed E-state index contributed by atoms with van der Waals surface area (Å²) in [6.07, 6.45) is 7.77. The predicted octanol–water partition coefficient (Wildman–Crippen LogP) is 6.03. The minimum atomic E-state index is -0.400. The van der Waals surface area contributed by atoms with E-state index < -0.39 is 5.82 Å². The number of hydrogen-bond donors (Lipinski definition) is 4. The van der Waals surface area contributed by atoms with Gasteiger partial charge in [0.15, 0.2) is 0 Å². The van der Waals surface area contributed by atoms with Crippen LogP contribution in [0.4, 0.5) is 21.6 Å². The van der Waals surface area contributed by atoms with E-state index in [1.807, 2.05) is 25.4 Å². The molecule has 11 heteroatoms. The minimum Gasteiger partial charge on any atom is -0.373 e. The van der Waals surface area contributed by atoms with Crippen LogP contribution in [0, 0.1) is 5.82 Å². The number of anilines is 3. The van der Waals surface area contributed by atoms with Gasteiger partial charge in [0, 0.05) is 61.6 Å². The molecule has 38 heavy (non-hydrogen) atoms. The Balaban J connectivity index is 0.000000464. The van der Waals surface area contributed by atoms with E-state index in [2.05, 4.69) is 50.3 Å². The lowest BCUT2D eigenvalue weighted by atomic mass is 10.1. The summed E-state index contributed by atoms with van der Waals surface area (Å²) in [7, 11) is 3.70. The highest BCUT2D eigenvalue weighted by atomic mass is 35.5. The third kappa shape index (κ3) is 12.6. The summed E-state index contributed by atoms with van der Waals surface area (Å²) in [5.41, 5.74) is 2.27. The molecule has 208 valence electrons. The van der Waals surface area contributed by atoms with Crippen LogP contribution < -0.4 is 21.3 Å². The number of likely N-dealkylation sites (N-methyl/N-ethyl adjacent to an activating group) is 1. The molecular weight excluding hydrogens is 525 g/mol. The molecule has 0 radical (unpaired) electrons. The zero-order valence-corrected chi connectivity index (χ0v) is 24.3. The van der Waals surface area contributed by atoms with Gasteiger partial charge in [-0.2, -0.15) is 0 Å². The highest BCUT2D eigenvalue weighted by Crippen LogP contribution is 2.31. The summed E-state index contributed by atoms with van der Waals surface area (Å²) < 4.78 is 14.1. The number of carbonyl (C=O) groups is 1. The lowest BCUT2D eigenvalue weighted by molar-refractivity contribution is -0.107. The van der Waals surface area contributed by atoms with Crippen molar-refractivity contribution in [2.24, 2.45) is 0 Å². The van der Waals surface area contributed by atoms with Crippen LogP contribution in [0.25, 0.3) is 11.3 Å². The Kier molecular flexibility index (Phi) is 17.7. The number of nitrogens with one attached hydrogen (secondary N) is 4. The quantitative estimate of drug-likeness (QED) is 0.119. The second-order valence-corrected chi connectivity index (χ2v) is 9.12. The number of aldehydes is 1. The third-order valence-corrected chi connectivity index (χ3v) is 5.87. The zero-order valence-electron chi connectivity index (χ0n) is 22.8. The molecule has 0 aliphatic carbocycles. The van der Waals surface area contributed by atoms with E-state index >= 15 is 0 Å². The number of rotatable bonds is 12. The van der Waals surface area contributed by atoms with Crippen LogP contribution in [-0.4, -0.2) is 61.5 Å². The Bertz CT molecular complexity index is 1090. The summed E-state index contributed by atoms with van der Waals surface area (Å²) in [6.45, 7) is 7.05. The van der Waals surface area contributed by atoms with Crippen LogP contribution in [0.1, 0.15) is 33.1 Å². The summed E-state index contributed by atoms with van der Waals surface area (Å²) >= 11 is 7.43. The molecule has 0 aliphatic rings. The van der Waals surface area contributed by atoms with Gasteiger partial charge < -0.3 is 26.1 Å². The molecule has 3 aromatic rings. The average Bonchev–Trinajstić information content (AvgIpc) is 2.95. The second-order valence-electron chi connectivity index (χ2n) is 7.89. The smallest absolute Gasteiger partial charge is 0.142 e.